The van der Waals surface area contributed by atoms with E-state index in [-0.39, 0.29) is 16.0 Å². The first-order valence-corrected chi connectivity index (χ1v) is 5.62. The first-order valence-electron chi connectivity index (χ1n) is 4.83. The fourth-order valence-corrected chi connectivity index (χ4v) is 1.90. The number of benzene rings is 1. The summed E-state index contributed by atoms with van der Waals surface area (Å²) in [6.45, 7) is 0. The van der Waals surface area contributed by atoms with E-state index >= 15 is 0 Å². The van der Waals surface area contributed by atoms with Gasteiger partial charge in [-0.15, -0.1) is 0 Å². The van der Waals surface area contributed by atoms with Crippen molar-refractivity contribution in [2.24, 2.45) is 0 Å². The van der Waals surface area contributed by atoms with Crippen LogP contribution in [0, 0.1) is 21.7 Å². The molecule has 1 aromatic heterocycles. The third kappa shape index (κ3) is 2.26. The Kier molecular flexibility index (Phi) is 3.43. The number of carbonyl (C=O) groups excluding carboxylic acids is 1. The average molecular weight is 332 g/mol. The molecule has 0 aliphatic carbocycles. The Hall–Kier alpha value is -2.09. The number of rotatable bonds is 3. The van der Waals surface area contributed by atoms with Crippen molar-refractivity contribution in [3.8, 4) is 11.3 Å². The van der Waals surface area contributed by atoms with Crippen LogP contribution in [0.2, 0.25) is 0 Å². The van der Waals surface area contributed by atoms with Gasteiger partial charge in [0.15, 0.2) is 23.7 Å². The highest BCUT2D eigenvalue weighted by Gasteiger charge is 2.27. The monoisotopic (exact) mass is 331 g/mol. The number of nitro benzene ring substituents is 1. The second kappa shape index (κ2) is 4.88. The second-order valence-electron chi connectivity index (χ2n) is 3.46. The summed E-state index contributed by atoms with van der Waals surface area (Å²) >= 11 is 2.68. The molecule has 0 unspecified atom stereocenters. The van der Waals surface area contributed by atoms with Crippen LogP contribution >= 0.6 is 15.9 Å². The van der Waals surface area contributed by atoms with Crippen molar-refractivity contribution in [2.45, 2.75) is 0 Å². The molecular formula is C11H4BrF2NO4. The number of nitro groups is 1. The second-order valence-corrected chi connectivity index (χ2v) is 4.31. The molecule has 0 N–H and O–H groups in total. The van der Waals surface area contributed by atoms with Crippen molar-refractivity contribution >= 4 is 27.9 Å². The molecule has 0 fully saturated rings. The standard InChI is InChI=1S/C11H4BrF2NO4/c12-6-3-7(15(17)18)9(11(14)10(6)13)8-2-1-5(4-16)19-8/h1-4H. The Morgan fingerprint density at radius 3 is 2.53 bits per heavy atom. The Bertz CT molecular complexity index is 684. The maximum atomic E-state index is 13.8. The number of carbonyl (C=O) groups is 1. The Balaban J connectivity index is 2.76. The predicted octanol–water partition coefficient (Wildman–Crippen LogP) is 3.71. The van der Waals surface area contributed by atoms with Crippen LogP contribution in [-0.2, 0) is 0 Å². The van der Waals surface area contributed by atoms with Crippen molar-refractivity contribution in [3.63, 3.8) is 0 Å². The van der Waals surface area contributed by atoms with Crippen LogP contribution in [0.15, 0.2) is 27.1 Å². The fraction of sp³-hybridized carbons (Fsp3) is 0. The van der Waals surface area contributed by atoms with Gasteiger partial charge in [0.05, 0.1) is 9.40 Å². The lowest BCUT2D eigenvalue weighted by atomic mass is 10.1. The van der Waals surface area contributed by atoms with Gasteiger partial charge in [-0.2, -0.15) is 0 Å². The Morgan fingerprint density at radius 1 is 1.32 bits per heavy atom. The van der Waals surface area contributed by atoms with E-state index in [1.54, 1.807) is 0 Å². The summed E-state index contributed by atoms with van der Waals surface area (Å²) < 4.78 is 31.8. The van der Waals surface area contributed by atoms with Crippen molar-refractivity contribution in [2.75, 3.05) is 0 Å². The molecule has 2 rings (SSSR count). The Labute approximate surface area is 113 Å². The van der Waals surface area contributed by atoms with Gasteiger partial charge in [-0.3, -0.25) is 14.9 Å². The smallest absolute Gasteiger partial charge is 0.284 e. The molecule has 5 nitrogen and oxygen atoms in total. The van der Waals surface area contributed by atoms with E-state index in [4.69, 9.17) is 4.42 Å². The molecule has 0 aliphatic rings. The predicted molar refractivity (Wildman–Crippen MR) is 63.8 cm³/mol. The van der Waals surface area contributed by atoms with Crippen LogP contribution < -0.4 is 0 Å². The molecule has 0 spiro atoms. The van der Waals surface area contributed by atoms with Crippen LogP contribution in [0.1, 0.15) is 10.6 Å². The number of hydrogen-bond donors (Lipinski definition) is 0. The minimum Gasteiger partial charge on any atom is -0.453 e. The molecular weight excluding hydrogens is 328 g/mol. The van der Waals surface area contributed by atoms with Gasteiger partial charge in [0.2, 0.25) is 0 Å². The fourth-order valence-electron chi connectivity index (χ4n) is 1.51. The normalized spacial score (nSPS) is 10.5. The van der Waals surface area contributed by atoms with Gasteiger partial charge in [-0.25, -0.2) is 8.78 Å². The lowest BCUT2D eigenvalue weighted by molar-refractivity contribution is -0.384. The molecule has 8 heteroatoms. The maximum Gasteiger partial charge on any atom is 0.284 e. The van der Waals surface area contributed by atoms with Gasteiger partial charge in [0.25, 0.3) is 5.69 Å². The van der Waals surface area contributed by atoms with Gasteiger partial charge in [0, 0.05) is 6.07 Å². The minimum atomic E-state index is -1.42. The van der Waals surface area contributed by atoms with E-state index in [1.165, 1.54) is 6.07 Å². The van der Waals surface area contributed by atoms with Gasteiger partial charge >= 0.3 is 0 Å². The zero-order valence-corrected chi connectivity index (χ0v) is 10.6. The quantitative estimate of drug-likeness (QED) is 0.372. The molecule has 0 atom stereocenters. The average Bonchev–Trinajstić information content (AvgIpc) is 2.83. The first kappa shape index (κ1) is 13.3. The van der Waals surface area contributed by atoms with Gasteiger partial charge in [-0.1, -0.05) is 0 Å². The summed E-state index contributed by atoms with van der Waals surface area (Å²) in [4.78, 5) is 20.5. The van der Waals surface area contributed by atoms with Crippen LogP contribution in [0.25, 0.3) is 11.3 Å². The van der Waals surface area contributed by atoms with Crippen LogP contribution in [0.4, 0.5) is 14.5 Å². The third-order valence-electron chi connectivity index (χ3n) is 2.33. The van der Waals surface area contributed by atoms with E-state index in [0.29, 0.717) is 6.29 Å². The highest BCUT2D eigenvalue weighted by Crippen LogP contribution is 2.37. The third-order valence-corrected chi connectivity index (χ3v) is 2.90. The van der Waals surface area contributed by atoms with E-state index in [9.17, 15) is 23.7 Å². The van der Waals surface area contributed by atoms with E-state index in [1.807, 2.05) is 0 Å². The van der Waals surface area contributed by atoms with Crippen molar-refractivity contribution in [1.82, 2.24) is 0 Å². The zero-order valence-electron chi connectivity index (χ0n) is 9.02. The molecule has 0 saturated carbocycles. The van der Waals surface area contributed by atoms with Gasteiger partial charge < -0.3 is 4.42 Å². The molecule has 0 amide bonds. The molecule has 0 bridgehead atoms. The maximum absolute atomic E-state index is 13.8. The number of aldehydes is 1. The van der Waals surface area contributed by atoms with Gasteiger partial charge in [0.1, 0.15) is 11.3 Å². The highest BCUT2D eigenvalue weighted by molar-refractivity contribution is 9.10. The lowest BCUT2D eigenvalue weighted by Gasteiger charge is -2.04. The number of hydrogen-bond acceptors (Lipinski definition) is 4. The van der Waals surface area contributed by atoms with Crippen LogP contribution in [0.3, 0.4) is 0 Å². The molecule has 19 heavy (non-hydrogen) atoms. The van der Waals surface area contributed by atoms with Crippen LogP contribution in [-0.4, -0.2) is 11.2 Å². The van der Waals surface area contributed by atoms with Crippen molar-refractivity contribution in [1.29, 1.82) is 0 Å². The summed E-state index contributed by atoms with van der Waals surface area (Å²) in [5.74, 6) is -3.14. The minimum absolute atomic E-state index is 0.146. The summed E-state index contributed by atoms with van der Waals surface area (Å²) in [5, 5.41) is 10.9. The first-order chi connectivity index (χ1) is 8.95. The molecule has 98 valence electrons. The lowest BCUT2D eigenvalue weighted by Crippen LogP contribution is -1.98. The van der Waals surface area contributed by atoms with Crippen molar-refractivity contribution in [3.05, 3.63) is 50.2 Å². The summed E-state index contributed by atoms with van der Waals surface area (Å²) in [5.41, 5.74) is -1.31. The van der Waals surface area contributed by atoms with E-state index in [0.717, 1.165) is 12.1 Å². The topological polar surface area (TPSA) is 73.3 Å². The molecule has 0 saturated heterocycles. The molecule has 1 aromatic carbocycles. The molecule has 0 aliphatic heterocycles. The van der Waals surface area contributed by atoms with Crippen LogP contribution in [0.5, 0.6) is 0 Å². The zero-order chi connectivity index (χ0) is 14.2. The summed E-state index contributed by atoms with van der Waals surface area (Å²) in [7, 11) is 0. The number of nitrogens with zero attached hydrogens (tertiary/aromatic N) is 1. The van der Waals surface area contributed by atoms with E-state index in [2.05, 4.69) is 15.9 Å². The van der Waals surface area contributed by atoms with E-state index < -0.39 is 27.8 Å². The largest absolute Gasteiger partial charge is 0.453 e. The summed E-state index contributed by atoms with van der Waals surface area (Å²) in [6, 6.07) is 3.19. The SMILES string of the molecule is O=Cc1ccc(-c2c([N+](=O)[O-])cc(Br)c(F)c2F)o1. The number of furan rings is 1. The van der Waals surface area contributed by atoms with Crippen molar-refractivity contribution < 1.29 is 22.9 Å². The Morgan fingerprint density at radius 2 is 2.00 bits per heavy atom. The molecule has 0 radical (unpaired) electrons. The summed E-state index contributed by atoms with van der Waals surface area (Å²) in [6.07, 6.45) is 0.350. The molecule has 1 heterocycles. The highest BCUT2D eigenvalue weighted by atomic mass is 79.9. The van der Waals surface area contributed by atoms with Gasteiger partial charge in [-0.05, 0) is 28.1 Å². The number of halogens is 3. The molecule has 2 aromatic rings.